The molecule has 4 heteroatoms. The molecule has 2 aromatic carbocycles. The van der Waals surface area contributed by atoms with Crippen molar-refractivity contribution in [3.8, 4) is 11.5 Å². The van der Waals surface area contributed by atoms with E-state index in [2.05, 4.69) is 6.92 Å². The van der Waals surface area contributed by atoms with E-state index < -0.39 is 5.97 Å². The molecule has 37 heavy (non-hydrogen) atoms. The molecule has 0 N–H and O–H groups in total. The molecule has 0 unspecified atom stereocenters. The van der Waals surface area contributed by atoms with E-state index >= 15 is 0 Å². The van der Waals surface area contributed by atoms with Crippen molar-refractivity contribution < 1.29 is 19.1 Å². The largest absolute Gasteiger partial charge is 0.494 e. The smallest absolute Gasteiger partial charge is 0.343 e. The van der Waals surface area contributed by atoms with Crippen molar-refractivity contribution in [2.75, 3.05) is 6.61 Å². The lowest BCUT2D eigenvalue weighted by molar-refractivity contribution is -0.112. The first kappa shape index (κ1) is 30.3. The van der Waals surface area contributed by atoms with Gasteiger partial charge in [0.2, 0.25) is 0 Å². The zero-order chi connectivity index (χ0) is 26.6. The van der Waals surface area contributed by atoms with Crippen LogP contribution < -0.4 is 9.47 Å². The van der Waals surface area contributed by atoms with Crippen LogP contribution in [-0.4, -0.2) is 18.4 Å². The highest BCUT2D eigenvalue weighted by Crippen LogP contribution is 2.18. The molecule has 0 aliphatic rings. The minimum Gasteiger partial charge on any atom is -0.494 e. The molecule has 0 atom stereocenters. The first-order valence-corrected chi connectivity index (χ1v) is 14.3. The Balaban J connectivity index is 1.51. The topological polar surface area (TPSA) is 52.6 Å². The summed E-state index contributed by atoms with van der Waals surface area (Å²) in [6.45, 7) is 4.48. The summed E-state index contributed by atoms with van der Waals surface area (Å²) in [4.78, 5) is 23.4. The molecule has 0 heterocycles. The first-order chi connectivity index (χ1) is 18.1. The minimum absolute atomic E-state index is 0.0116. The van der Waals surface area contributed by atoms with Crippen molar-refractivity contribution in [3.05, 3.63) is 65.7 Å². The number of hydrogen-bond acceptors (Lipinski definition) is 4. The molecule has 0 aromatic heterocycles. The van der Waals surface area contributed by atoms with Gasteiger partial charge in [-0.3, -0.25) is 4.79 Å². The number of ether oxygens (including phenoxy) is 2. The fraction of sp³-hybridized carbons (Fsp3) is 0.515. The molecule has 0 radical (unpaired) electrons. The van der Waals surface area contributed by atoms with Gasteiger partial charge in [0.15, 0.2) is 5.78 Å². The van der Waals surface area contributed by atoms with Crippen LogP contribution in [0.1, 0.15) is 120 Å². The second kappa shape index (κ2) is 19.3. The van der Waals surface area contributed by atoms with Crippen molar-refractivity contribution in [1.82, 2.24) is 0 Å². The maximum Gasteiger partial charge on any atom is 0.343 e. The van der Waals surface area contributed by atoms with Crippen LogP contribution in [0.5, 0.6) is 11.5 Å². The molecule has 4 nitrogen and oxygen atoms in total. The number of hydrogen-bond donors (Lipinski definition) is 0. The summed E-state index contributed by atoms with van der Waals surface area (Å²) in [5.74, 6) is 0.809. The van der Waals surface area contributed by atoms with E-state index in [1.807, 2.05) is 12.1 Å². The van der Waals surface area contributed by atoms with E-state index in [1.54, 1.807) is 42.5 Å². The van der Waals surface area contributed by atoms with Crippen molar-refractivity contribution >= 4 is 17.8 Å². The highest BCUT2D eigenvalue weighted by molar-refractivity contribution is 5.92. The van der Waals surface area contributed by atoms with Gasteiger partial charge in [-0.1, -0.05) is 109 Å². The Kier molecular flexibility index (Phi) is 15.8. The molecule has 0 aliphatic heterocycles. The molecule has 0 fully saturated rings. The molecule has 2 rings (SSSR count). The average Bonchev–Trinajstić information content (AvgIpc) is 2.90. The van der Waals surface area contributed by atoms with Gasteiger partial charge in [0.1, 0.15) is 11.5 Å². The Morgan fingerprint density at radius 1 is 0.649 bits per heavy atom. The molecular weight excluding hydrogens is 460 g/mol. The molecule has 0 aliphatic carbocycles. The molecule has 0 spiro atoms. The molecule has 0 saturated heterocycles. The van der Waals surface area contributed by atoms with E-state index in [9.17, 15) is 9.59 Å². The third-order valence-corrected chi connectivity index (χ3v) is 6.46. The van der Waals surface area contributed by atoms with Crippen molar-refractivity contribution in [2.45, 2.75) is 104 Å². The molecule has 0 amide bonds. The van der Waals surface area contributed by atoms with Crippen molar-refractivity contribution in [2.24, 2.45) is 0 Å². The Morgan fingerprint density at radius 2 is 1.14 bits per heavy atom. The van der Waals surface area contributed by atoms with Gasteiger partial charge < -0.3 is 9.47 Å². The molecule has 0 saturated carbocycles. The van der Waals surface area contributed by atoms with Gasteiger partial charge in [0.05, 0.1) is 12.2 Å². The minimum atomic E-state index is -0.412. The van der Waals surface area contributed by atoms with Gasteiger partial charge in [-0.25, -0.2) is 4.79 Å². The van der Waals surface area contributed by atoms with Gasteiger partial charge in [-0.2, -0.15) is 0 Å². The predicted octanol–water partition coefficient (Wildman–Crippen LogP) is 9.37. The normalized spacial score (nSPS) is 11.1. The van der Waals surface area contributed by atoms with Crippen molar-refractivity contribution in [3.63, 3.8) is 0 Å². The first-order valence-electron chi connectivity index (χ1n) is 14.3. The lowest BCUT2D eigenvalue weighted by atomic mass is 10.0. The summed E-state index contributed by atoms with van der Waals surface area (Å²) < 4.78 is 11.3. The van der Waals surface area contributed by atoms with E-state index in [4.69, 9.17) is 9.47 Å². The lowest BCUT2D eigenvalue weighted by Crippen LogP contribution is -2.08. The quantitative estimate of drug-likeness (QED) is 0.0777. The summed E-state index contributed by atoms with van der Waals surface area (Å²) >= 11 is 0. The SMILES string of the molecule is CCCCCCCCCCCCCCCCOc1ccc(C(=O)Oc2ccc(/C=C/C(C)=O)cc2)cc1. The lowest BCUT2D eigenvalue weighted by Gasteiger charge is -2.08. The number of carbonyl (C=O) groups is 2. The van der Waals surface area contributed by atoms with E-state index in [1.165, 1.54) is 96.5 Å². The Bertz CT molecular complexity index is 912. The van der Waals surface area contributed by atoms with Crippen LogP contribution in [0.4, 0.5) is 0 Å². The van der Waals surface area contributed by atoms with Gasteiger partial charge in [0.25, 0.3) is 0 Å². The fourth-order valence-corrected chi connectivity index (χ4v) is 4.20. The summed E-state index contributed by atoms with van der Waals surface area (Å²) in [5.41, 5.74) is 1.35. The van der Waals surface area contributed by atoms with E-state index in [0.29, 0.717) is 17.9 Å². The Labute approximate surface area is 224 Å². The van der Waals surface area contributed by atoms with Gasteiger partial charge in [0, 0.05) is 0 Å². The van der Waals surface area contributed by atoms with Crippen LogP contribution in [0, 0.1) is 0 Å². The average molecular weight is 507 g/mol. The van der Waals surface area contributed by atoms with Crippen LogP contribution in [0.25, 0.3) is 6.08 Å². The molecular formula is C33H46O4. The monoisotopic (exact) mass is 506 g/mol. The number of unbranched alkanes of at least 4 members (excludes halogenated alkanes) is 13. The van der Waals surface area contributed by atoms with Gasteiger partial charge >= 0.3 is 5.97 Å². The third kappa shape index (κ3) is 14.4. The number of carbonyl (C=O) groups excluding carboxylic acids is 2. The maximum absolute atomic E-state index is 12.4. The summed E-state index contributed by atoms with van der Waals surface area (Å²) in [6.07, 6.45) is 22.0. The highest BCUT2D eigenvalue weighted by atomic mass is 16.5. The zero-order valence-electron chi connectivity index (χ0n) is 23.0. The second-order valence-corrected chi connectivity index (χ2v) is 9.87. The van der Waals surface area contributed by atoms with Gasteiger partial charge in [-0.15, -0.1) is 0 Å². The molecule has 2 aromatic rings. The highest BCUT2D eigenvalue weighted by Gasteiger charge is 2.09. The van der Waals surface area contributed by atoms with Crippen LogP contribution in [0.15, 0.2) is 54.6 Å². The van der Waals surface area contributed by atoms with Gasteiger partial charge in [-0.05, 0) is 61.4 Å². The summed E-state index contributed by atoms with van der Waals surface area (Å²) in [5, 5.41) is 0. The second-order valence-electron chi connectivity index (χ2n) is 9.87. The standard InChI is InChI=1S/C33H46O4/c1-3-4-5-6-7-8-9-10-11-12-13-14-15-16-27-36-31-25-21-30(22-26-31)33(35)37-32-23-19-29(20-24-32)18-17-28(2)34/h17-26H,3-16,27H2,1-2H3/b18-17+. The predicted molar refractivity (Wildman–Crippen MR) is 153 cm³/mol. The number of benzene rings is 2. The van der Waals surface area contributed by atoms with Crippen LogP contribution >= 0.6 is 0 Å². The maximum atomic E-state index is 12.4. The van der Waals surface area contributed by atoms with Crippen LogP contribution in [-0.2, 0) is 4.79 Å². The van der Waals surface area contributed by atoms with E-state index in [-0.39, 0.29) is 5.78 Å². The summed E-state index contributed by atoms with van der Waals surface area (Å²) in [7, 11) is 0. The third-order valence-electron chi connectivity index (χ3n) is 6.46. The fourth-order valence-electron chi connectivity index (χ4n) is 4.20. The summed E-state index contributed by atoms with van der Waals surface area (Å²) in [6, 6.07) is 14.1. The number of ketones is 1. The zero-order valence-corrected chi connectivity index (χ0v) is 23.0. The Morgan fingerprint density at radius 3 is 1.65 bits per heavy atom. The number of rotatable bonds is 20. The van der Waals surface area contributed by atoms with Crippen molar-refractivity contribution in [1.29, 1.82) is 0 Å². The Hall–Kier alpha value is -2.88. The number of esters is 1. The number of allylic oxidation sites excluding steroid dienone is 1. The van der Waals surface area contributed by atoms with E-state index in [0.717, 1.165) is 17.7 Å². The molecule has 0 bridgehead atoms. The molecule has 202 valence electrons. The van der Waals surface area contributed by atoms with Crippen LogP contribution in [0.3, 0.4) is 0 Å². The van der Waals surface area contributed by atoms with Crippen LogP contribution in [0.2, 0.25) is 0 Å².